The number of rotatable bonds is 1. The number of nitrogens with two attached hydrogens (primary N) is 1. The van der Waals surface area contributed by atoms with E-state index in [9.17, 15) is 4.79 Å². The van der Waals surface area contributed by atoms with E-state index >= 15 is 0 Å². The zero-order valence-corrected chi connectivity index (χ0v) is 8.34. The normalized spacial score (nSPS) is 20.9. The third-order valence-corrected chi connectivity index (χ3v) is 2.32. The van der Waals surface area contributed by atoms with Gasteiger partial charge in [-0.05, 0) is 12.5 Å². The van der Waals surface area contributed by atoms with Gasteiger partial charge in [0.1, 0.15) is 11.9 Å². The van der Waals surface area contributed by atoms with Crippen LogP contribution in [0.1, 0.15) is 18.5 Å². The first kappa shape index (κ1) is 9.67. The number of hydrogen-bond acceptors (Lipinski definition) is 4. The number of carbonyl (C=O) groups is 1. The Morgan fingerprint density at radius 3 is 2.73 bits per heavy atom. The minimum Gasteiger partial charge on any atom is -0.291 e. The van der Waals surface area contributed by atoms with E-state index in [4.69, 9.17) is 5.84 Å². The van der Waals surface area contributed by atoms with Crippen LogP contribution >= 0.6 is 0 Å². The zero-order chi connectivity index (χ0) is 10.8. The van der Waals surface area contributed by atoms with Gasteiger partial charge in [-0.2, -0.15) is 5.10 Å². The van der Waals surface area contributed by atoms with Crippen LogP contribution in [0.3, 0.4) is 0 Å². The Balaban J connectivity index is 2.30. The number of amides is 1. The first-order valence-electron chi connectivity index (χ1n) is 4.63. The monoisotopic (exact) mass is 204 g/mol. The molecule has 1 aliphatic rings. The topological polar surface area (TPSA) is 70.7 Å². The molecule has 5 heteroatoms. The number of carbonyl (C=O) groups excluding carboxylic acids is 1. The van der Waals surface area contributed by atoms with Gasteiger partial charge in [-0.15, -0.1) is 0 Å². The van der Waals surface area contributed by atoms with Crippen molar-refractivity contribution in [2.75, 3.05) is 0 Å². The fourth-order valence-corrected chi connectivity index (χ4v) is 1.43. The Bertz CT molecular complexity index is 401. The molecule has 1 aliphatic heterocycles. The molecule has 0 fully saturated rings. The van der Waals surface area contributed by atoms with Crippen LogP contribution in [0.5, 0.6) is 0 Å². The number of amidine groups is 1. The lowest BCUT2D eigenvalue weighted by atomic mass is 10.1. The predicted molar refractivity (Wildman–Crippen MR) is 56.5 cm³/mol. The summed E-state index contributed by atoms with van der Waals surface area (Å²) >= 11 is 0. The number of nitrogens with one attached hydrogen (secondary N) is 1. The second-order valence-corrected chi connectivity index (χ2v) is 3.34. The molecule has 1 unspecified atom stereocenters. The van der Waals surface area contributed by atoms with Crippen LogP contribution in [-0.2, 0) is 4.79 Å². The molecule has 0 bridgehead atoms. The standard InChI is InChI=1S/C10H12N4O/c1-7-12-13-9(10(15)14(7)11)8-5-3-2-4-6-8/h2-6,9,13H,11H2,1H3. The van der Waals surface area contributed by atoms with E-state index in [0.717, 1.165) is 10.6 Å². The minimum absolute atomic E-state index is 0.200. The van der Waals surface area contributed by atoms with Crippen molar-refractivity contribution >= 4 is 11.7 Å². The smallest absolute Gasteiger partial charge is 0.270 e. The van der Waals surface area contributed by atoms with Gasteiger partial charge in [0, 0.05) is 0 Å². The van der Waals surface area contributed by atoms with Crippen molar-refractivity contribution in [2.45, 2.75) is 13.0 Å². The Labute approximate surface area is 87.5 Å². The summed E-state index contributed by atoms with van der Waals surface area (Å²) in [6.07, 6.45) is 0. The first-order valence-corrected chi connectivity index (χ1v) is 4.63. The van der Waals surface area contributed by atoms with E-state index < -0.39 is 6.04 Å². The molecular formula is C10H12N4O. The highest BCUT2D eigenvalue weighted by atomic mass is 16.2. The predicted octanol–water partition coefficient (Wildman–Crippen LogP) is 0.367. The molecule has 5 nitrogen and oxygen atoms in total. The molecule has 0 aliphatic carbocycles. The van der Waals surface area contributed by atoms with E-state index in [0.29, 0.717) is 5.84 Å². The molecule has 0 saturated heterocycles. The van der Waals surface area contributed by atoms with Crippen LogP contribution < -0.4 is 11.3 Å². The van der Waals surface area contributed by atoms with E-state index in [-0.39, 0.29) is 5.91 Å². The lowest BCUT2D eigenvalue weighted by Gasteiger charge is -2.27. The molecule has 0 aromatic heterocycles. The molecule has 0 saturated carbocycles. The van der Waals surface area contributed by atoms with E-state index in [1.165, 1.54) is 0 Å². The van der Waals surface area contributed by atoms with Crippen molar-refractivity contribution in [3.8, 4) is 0 Å². The van der Waals surface area contributed by atoms with Gasteiger partial charge in [0.2, 0.25) is 0 Å². The molecule has 0 radical (unpaired) electrons. The maximum absolute atomic E-state index is 11.8. The third kappa shape index (κ3) is 1.69. The molecule has 2 rings (SSSR count). The van der Waals surface area contributed by atoms with Crippen molar-refractivity contribution in [3.05, 3.63) is 35.9 Å². The minimum atomic E-state index is -0.486. The molecule has 15 heavy (non-hydrogen) atoms. The number of hydrazone groups is 1. The van der Waals surface area contributed by atoms with Crippen molar-refractivity contribution in [3.63, 3.8) is 0 Å². The highest BCUT2D eigenvalue weighted by Crippen LogP contribution is 2.17. The van der Waals surface area contributed by atoms with Crippen LogP contribution in [0.2, 0.25) is 0 Å². The van der Waals surface area contributed by atoms with Crippen LogP contribution in [0, 0.1) is 0 Å². The highest BCUT2D eigenvalue weighted by Gasteiger charge is 2.28. The fourth-order valence-electron chi connectivity index (χ4n) is 1.43. The Hall–Kier alpha value is -1.88. The average Bonchev–Trinajstić information content (AvgIpc) is 2.27. The van der Waals surface area contributed by atoms with Crippen LogP contribution in [0.15, 0.2) is 35.4 Å². The quantitative estimate of drug-likeness (QED) is 0.512. The number of nitrogens with zero attached hydrogens (tertiary/aromatic N) is 2. The summed E-state index contributed by atoms with van der Waals surface area (Å²) in [5.74, 6) is 5.83. The Morgan fingerprint density at radius 2 is 2.07 bits per heavy atom. The number of hydrazine groups is 1. The second kappa shape index (κ2) is 3.70. The number of benzene rings is 1. The molecule has 1 aromatic rings. The van der Waals surface area contributed by atoms with Crippen LogP contribution in [0.25, 0.3) is 0 Å². The summed E-state index contributed by atoms with van der Waals surface area (Å²) in [5, 5.41) is 5.03. The Kier molecular flexibility index (Phi) is 2.39. The molecule has 3 N–H and O–H groups in total. The lowest BCUT2D eigenvalue weighted by molar-refractivity contribution is -0.130. The van der Waals surface area contributed by atoms with Crippen LogP contribution in [-0.4, -0.2) is 16.8 Å². The van der Waals surface area contributed by atoms with Crippen molar-refractivity contribution in [2.24, 2.45) is 10.9 Å². The van der Waals surface area contributed by atoms with Gasteiger partial charge >= 0.3 is 0 Å². The van der Waals surface area contributed by atoms with Gasteiger partial charge < -0.3 is 0 Å². The van der Waals surface area contributed by atoms with Gasteiger partial charge in [0.15, 0.2) is 0 Å². The van der Waals surface area contributed by atoms with Gasteiger partial charge in [0.25, 0.3) is 5.91 Å². The second-order valence-electron chi connectivity index (χ2n) is 3.34. The number of hydrogen-bond donors (Lipinski definition) is 2. The van der Waals surface area contributed by atoms with Crippen molar-refractivity contribution < 1.29 is 4.79 Å². The van der Waals surface area contributed by atoms with E-state index in [1.54, 1.807) is 6.92 Å². The molecule has 1 amide bonds. The summed E-state index contributed by atoms with van der Waals surface area (Å²) in [7, 11) is 0. The SMILES string of the molecule is CC1=NNC(c2ccccc2)C(=O)N1N. The molecule has 1 aromatic carbocycles. The average molecular weight is 204 g/mol. The molecule has 78 valence electrons. The summed E-state index contributed by atoms with van der Waals surface area (Å²) in [6, 6.07) is 8.87. The molecular weight excluding hydrogens is 192 g/mol. The van der Waals surface area contributed by atoms with Gasteiger partial charge in [0.05, 0.1) is 0 Å². The third-order valence-electron chi connectivity index (χ3n) is 2.32. The zero-order valence-electron chi connectivity index (χ0n) is 8.34. The molecule has 1 heterocycles. The van der Waals surface area contributed by atoms with Crippen molar-refractivity contribution in [1.82, 2.24) is 10.4 Å². The lowest BCUT2D eigenvalue weighted by Crippen LogP contribution is -2.51. The van der Waals surface area contributed by atoms with Gasteiger partial charge in [-0.1, -0.05) is 30.3 Å². The maximum atomic E-state index is 11.8. The first-order chi connectivity index (χ1) is 7.20. The molecule has 0 spiro atoms. The van der Waals surface area contributed by atoms with E-state index in [2.05, 4.69) is 10.5 Å². The van der Waals surface area contributed by atoms with Crippen molar-refractivity contribution in [1.29, 1.82) is 0 Å². The van der Waals surface area contributed by atoms with Gasteiger partial charge in [-0.3, -0.25) is 10.2 Å². The summed E-state index contributed by atoms with van der Waals surface area (Å²) < 4.78 is 0. The van der Waals surface area contributed by atoms with E-state index in [1.807, 2.05) is 30.3 Å². The summed E-state index contributed by atoms with van der Waals surface area (Å²) in [6.45, 7) is 1.67. The van der Waals surface area contributed by atoms with Crippen LogP contribution in [0.4, 0.5) is 0 Å². The highest BCUT2D eigenvalue weighted by molar-refractivity contribution is 6.00. The largest absolute Gasteiger partial charge is 0.291 e. The summed E-state index contributed by atoms with van der Waals surface area (Å²) in [4.78, 5) is 11.8. The molecule has 1 atom stereocenters. The maximum Gasteiger partial charge on any atom is 0.270 e. The summed E-state index contributed by atoms with van der Waals surface area (Å²) in [5.41, 5.74) is 3.64. The Morgan fingerprint density at radius 1 is 1.40 bits per heavy atom. The fraction of sp³-hybridized carbons (Fsp3) is 0.200. The van der Waals surface area contributed by atoms with Gasteiger partial charge in [-0.25, -0.2) is 10.9 Å².